The molecule has 0 unspecified atom stereocenters. The Morgan fingerprint density at radius 1 is 1.06 bits per heavy atom. The molecule has 0 fully saturated rings. The van der Waals surface area contributed by atoms with Gasteiger partial charge in [-0.15, -0.1) is 0 Å². The number of Topliss-reactive ketones (excluding diaryl/α,β-unsaturated/α-hetero) is 1. The fourth-order valence-electron chi connectivity index (χ4n) is 4.40. The molecule has 1 aromatic heterocycles. The summed E-state index contributed by atoms with van der Waals surface area (Å²) >= 11 is 6.33. The Hall–Kier alpha value is -3.15. The summed E-state index contributed by atoms with van der Waals surface area (Å²) in [6.45, 7) is 8.09. The second-order valence-corrected chi connectivity index (χ2v) is 10.2. The number of aryl methyl sites for hydroxylation is 2. The van der Waals surface area contributed by atoms with E-state index in [1.165, 1.54) is 11.1 Å². The van der Waals surface area contributed by atoms with Crippen molar-refractivity contribution in [2.24, 2.45) is 5.92 Å². The minimum atomic E-state index is 0.00427. The number of carbonyl (C=O) groups excluding carboxylic acids is 1. The minimum absolute atomic E-state index is 0.00427. The van der Waals surface area contributed by atoms with E-state index >= 15 is 0 Å². The molecule has 0 saturated heterocycles. The van der Waals surface area contributed by atoms with Gasteiger partial charge in [0.05, 0.1) is 22.2 Å². The number of imidazole rings is 1. The summed E-state index contributed by atoms with van der Waals surface area (Å²) in [5.74, 6) is 1.45. The largest absolute Gasteiger partial charge is 0.489 e. The van der Waals surface area contributed by atoms with Crippen molar-refractivity contribution in [3.05, 3.63) is 81.9 Å². The molecular weight excluding hydrogens is 472 g/mol. The van der Waals surface area contributed by atoms with E-state index in [1.54, 1.807) is 18.2 Å². The van der Waals surface area contributed by atoms with Gasteiger partial charge in [0.25, 0.3) is 0 Å². The fourth-order valence-corrected chi connectivity index (χ4v) is 4.63. The van der Waals surface area contributed by atoms with Gasteiger partial charge in [-0.1, -0.05) is 35.9 Å². The lowest BCUT2D eigenvalue weighted by Crippen LogP contribution is -2.13. The van der Waals surface area contributed by atoms with Crippen LogP contribution >= 0.6 is 11.6 Å². The SMILES string of the molecule is Cc1cc2nc(-c3ccc(C[C@@H](CCO)CC(=O)c4ccc(OC(C)C)c(Cl)c4)cc3)[nH]c2cc1C. The van der Waals surface area contributed by atoms with Crippen molar-refractivity contribution in [2.45, 2.75) is 53.1 Å². The second-order valence-electron chi connectivity index (χ2n) is 9.76. The van der Waals surface area contributed by atoms with Crippen molar-refractivity contribution in [1.82, 2.24) is 9.97 Å². The first-order chi connectivity index (χ1) is 17.2. The molecule has 188 valence electrons. The number of fused-ring (bicyclic) bond motifs is 1. The van der Waals surface area contributed by atoms with Crippen LogP contribution in [-0.2, 0) is 6.42 Å². The Balaban J connectivity index is 1.45. The summed E-state index contributed by atoms with van der Waals surface area (Å²) in [5.41, 5.74) is 7.14. The number of nitrogens with zero attached hydrogens (tertiary/aromatic N) is 1. The van der Waals surface area contributed by atoms with Crippen LogP contribution in [0.25, 0.3) is 22.4 Å². The zero-order valence-corrected chi connectivity index (χ0v) is 22.0. The number of aliphatic hydroxyl groups excluding tert-OH is 1. The molecule has 0 spiro atoms. The lowest BCUT2D eigenvalue weighted by Gasteiger charge is -2.16. The first-order valence-electron chi connectivity index (χ1n) is 12.4. The smallest absolute Gasteiger partial charge is 0.163 e. The molecule has 3 aromatic carbocycles. The van der Waals surface area contributed by atoms with Crippen LogP contribution in [0.5, 0.6) is 5.75 Å². The number of ketones is 1. The lowest BCUT2D eigenvalue weighted by atomic mass is 9.89. The van der Waals surface area contributed by atoms with Gasteiger partial charge in [-0.05, 0) is 93.5 Å². The van der Waals surface area contributed by atoms with Crippen LogP contribution < -0.4 is 4.74 Å². The van der Waals surface area contributed by atoms with Crippen molar-refractivity contribution in [1.29, 1.82) is 0 Å². The third-order valence-corrected chi connectivity index (χ3v) is 6.77. The molecule has 36 heavy (non-hydrogen) atoms. The van der Waals surface area contributed by atoms with Gasteiger partial charge >= 0.3 is 0 Å². The molecule has 6 heteroatoms. The molecule has 1 atom stereocenters. The number of halogens is 1. The molecule has 2 N–H and O–H groups in total. The summed E-state index contributed by atoms with van der Waals surface area (Å²) in [6, 6.07) is 17.7. The molecule has 0 saturated carbocycles. The second kappa shape index (κ2) is 11.3. The molecular formula is C30H33ClN2O3. The predicted molar refractivity (Wildman–Crippen MR) is 146 cm³/mol. The summed E-state index contributed by atoms with van der Waals surface area (Å²) in [7, 11) is 0. The van der Waals surface area contributed by atoms with Crippen molar-refractivity contribution in [3.8, 4) is 17.1 Å². The molecule has 4 rings (SSSR count). The van der Waals surface area contributed by atoms with Gasteiger partial charge in [-0.25, -0.2) is 4.98 Å². The standard InChI is InChI=1S/C30H33ClN2O3/c1-18(2)36-29-10-9-24(17-25(29)31)28(35)16-22(11-12-34)15-21-5-7-23(8-6-21)30-32-26-13-19(3)20(4)14-27(26)33-30/h5-10,13-14,17-18,22,34H,11-12,15-16H2,1-4H3,(H,32,33)/t22-/m1/s1. The van der Waals surface area contributed by atoms with Gasteiger partial charge in [0, 0.05) is 24.2 Å². The van der Waals surface area contributed by atoms with Crippen LogP contribution in [0, 0.1) is 19.8 Å². The highest BCUT2D eigenvalue weighted by molar-refractivity contribution is 6.32. The number of aliphatic hydroxyl groups is 1. The molecule has 0 amide bonds. The Morgan fingerprint density at radius 3 is 2.44 bits per heavy atom. The number of carbonyl (C=O) groups is 1. The van der Waals surface area contributed by atoms with Gasteiger partial charge in [0.2, 0.25) is 0 Å². The number of aromatic amines is 1. The highest BCUT2D eigenvalue weighted by Crippen LogP contribution is 2.29. The first kappa shape index (κ1) is 25.9. The highest BCUT2D eigenvalue weighted by atomic mass is 35.5. The zero-order valence-electron chi connectivity index (χ0n) is 21.3. The summed E-state index contributed by atoms with van der Waals surface area (Å²) < 4.78 is 5.66. The number of aromatic nitrogens is 2. The van der Waals surface area contributed by atoms with Crippen LogP contribution in [0.15, 0.2) is 54.6 Å². The van der Waals surface area contributed by atoms with Gasteiger partial charge < -0.3 is 14.8 Å². The minimum Gasteiger partial charge on any atom is -0.489 e. The third-order valence-electron chi connectivity index (χ3n) is 6.48. The maximum Gasteiger partial charge on any atom is 0.163 e. The summed E-state index contributed by atoms with van der Waals surface area (Å²) in [4.78, 5) is 21.2. The van der Waals surface area contributed by atoms with Crippen molar-refractivity contribution in [3.63, 3.8) is 0 Å². The van der Waals surface area contributed by atoms with Crippen LogP contribution in [0.4, 0.5) is 0 Å². The van der Waals surface area contributed by atoms with Gasteiger partial charge in [0.1, 0.15) is 11.6 Å². The fraction of sp³-hybridized carbons (Fsp3) is 0.333. The number of hydrogen-bond donors (Lipinski definition) is 2. The van der Waals surface area contributed by atoms with E-state index in [0.29, 0.717) is 35.6 Å². The van der Waals surface area contributed by atoms with Crippen LogP contribution in [-0.4, -0.2) is 33.6 Å². The predicted octanol–water partition coefficient (Wildman–Crippen LogP) is 7.10. The van der Waals surface area contributed by atoms with Gasteiger partial charge in [-0.2, -0.15) is 0 Å². The van der Waals surface area contributed by atoms with Crippen molar-refractivity contribution < 1.29 is 14.6 Å². The molecule has 1 heterocycles. The summed E-state index contributed by atoms with van der Waals surface area (Å²) in [5, 5.41) is 10.0. The molecule has 0 radical (unpaired) electrons. The van der Waals surface area contributed by atoms with E-state index in [4.69, 9.17) is 21.3 Å². The van der Waals surface area contributed by atoms with E-state index in [2.05, 4.69) is 55.2 Å². The number of hydrogen-bond acceptors (Lipinski definition) is 4. The number of ether oxygens (including phenoxy) is 1. The highest BCUT2D eigenvalue weighted by Gasteiger charge is 2.18. The third kappa shape index (κ3) is 6.15. The maximum atomic E-state index is 13.0. The van der Waals surface area contributed by atoms with Crippen molar-refractivity contribution >= 4 is 28.4 Å². The monoisotopic (exact) mass is 504 g/mol. The quantitative estimate of drug-likeness (QED) is 0.226. The Kier molecular flexibility index (Phi) is 8.12. The van der Waals surface area contributed by atoms with Crippen LogP contribution in [0.1, 0.15) is 53.7 Å². The van der Waals surface area contributed by atoms with E-state index in [1.807, 2.05) is 13.8 Å². The Morgan fingerprint density at radius 2 is 1.78 bits per heavy atom. The average molecular weight is 505 g/mol. The van der Waals surface area contributed by atoms with E-state index < -0.39 is 0 Å². The topological polar surface area (TPSA) is 75.2 Å². The molecule has 0 aliphatic rings. The van der Waals surface area contributed by atoms with Gasteiger partial charge in [0.15, 0.2) is 5.78 Å². The van der Waals surface area contributed by atoms with E-state index in [0.717, 1.165) is 28.0 Å². The van der Waals surface area contributed by atoms with Crippen LogP contribution in [0.3, 0.4) is 0 Å². The lowest BCUT2D eigenvalue weighted by molar-refractivity contribution is 0.0953. The number of nitrogens with one attached hydrogen (secondary N) is 1. The molecule has 0 bridgehead atoms. The van der Waals surface area contributed by atoms with Crippen LogP contribution in [0.2, 0.25) is 5.02 Å². The molecule has 0 aliphatic carbocycles. The average Bonchev–Trinajstić information content (AvgIpc) is 3.23. The zero-order chi connectivity index (χ0) is 25.8. The normalized spacial score (nSPS) is 12.3. The molecule has 5 nitrogen and oxygen atoms in total. The number of benzene rings is 3. The van der Waals surface area contributed by atoms with Crippen molar-refractivity contribution in [2.75, 3.05) is 6.61 Å². The summed E-state index contributed by atoms with van der Waals surface area (Å²) in [6.07, 6.45) is 1.60. The Labute approximate surface area is 217 Å². The maximum absolute atomic E-state index is 13.0. The van der Waals surface area contributed by atoms with Gasteiger partial charge in [-0.3, -0.25) is 4.79 Å². The molecule has 4 aromatic rings. The first-order valence-corrected chi connectivity index (χ1v) is 12.8. The Bertz CT molecular complexity index is 1320. The van der Waals surface area contributed by atoms with E-state index in [9.17, 15) is 9.90 Å². The number of H-pyrrole nitrogens is 1. The molecule has 0 aliphatic heterocycles. The number of rotatable bonds is 10. The van der Waals surface area contributed by atoms with E-state index in [-0.39, 0.29) is 24.4 Å².